The lowest BCUT2D eigenvalue weighted by molar-refractivity contribution is 0.600. The van der Waals surface area contributed by atoms with Crippen molar-refractivity contribution in [3.8, 4) is 0 Å². The minimum Gasteiger partial charge on any atom is -0.324 e. The average molecular weight is 223 g/mol. The molecule has 0 heterocycles. The van der Waals surface area contributed by atoms with Crippen LogP contribution in [-0.2, 0) is 6.42 Å². The standard InChI is InChI=1S/C16H17N/c17-16-11-13(10-12-6-2-1-3-7-12)14-8-4-5-9-15(14)16/h1-9,13,16H,10-11,17H2. The van der Waals surface area contributed by atoms with Crippen LogP contribution in [0.25, 0.3) is 0 Å². The molecule has 86 valence electrons. The lowest BCUT2D eigenvalue weighted by Gasteiger charge is -2.11. The molecule has 2 unspecified atom stereocenters. The Morgan fingerprint density at radius 2 is 1.53 bits per heavy atom. The normalized spacial score (nSPS) is 22.4. The molecule has 1 aliphatic rings. The van der Waals surface area contributed by atoms with Crippen molar-refractivity contribution in [2.45, 2.75) is 24.8 Å². The third-order valence-electron chi connectivity index (χ3n) is 3.70. The van der Waals surface area contributed by atoms with Gasteiger partial charge in [0.1, 0.15) is 0 Å². The number of hydrogen-bond acceptors (Lipinski definition) is 1. The molecule has 0 aliphatic heterocycles. The Morgan fingerprint density at radius 1 is 0.882 bits per heavy atom. The van der Waals surface area contributed by atoms with Gasteiger partial charge in [-0.15, -0.1) is 0 Å². The maximum absolute atomic E-state index is 6.19. The smallest absolute Gasteiger partial charge is 0.0303 e. The molecule has 0 amide bonds. The molecule has 0 spiro atoms. The van der Waals surface area contributed by atoms with E-state index in [1.165, 1.54) is 16.7 Å². The summed E-state index contributed by atoms with van der Waals surface area (Å²) < 4.78 is 0. The van der Waals surface area contributed by atoms with Gasteiger partial charge in [0.15, 0.2) is 0 Å². The first kappa shape index (κ1) is 10.5. The minimum absolute atomic E-state index is 0.222. The molecule has 0 bridgehead atoms. The summed E-state index contributed by atoms with van der Waals surface area (Å²) in [6.07, 6.45) is 2.18. The van der Waals surface area contributed by atoms with E-state index >= 15 is 0 Å². The van der Waals surface area contributed by atoms with E-state index in [9.17, 15) is 0 Å². The molecule has 2 aromatic carbocycles. The highest BCUT2D eigenvalue weighted by molar-refractivity contribution is 5.39. The molecule has 2 N–H and O–H groups in total. The summed E-state index contributed by atoms with van der Waals surface area (Å²) in [5.41, 5.74) is 10.4. The van der Waals surface area contributed by atoms with E-state index in [0.717, 1.165) is 12.8 Å². The average Bonchev–Trinajstić information content (AvgIpc) is 2.69. The van der Waals surface area contributed by atoms with Crippen LogP contribution in [0.3, 0.4) is 0 Å². The molecule has 1 nitrogen and oxygen atoms in total. The molecule has 0 saturated carbocycles. The summed E-state index contributed by atoms with van der Waals surface area (Å²) in [5, 5.41) is 0. The van der Waals surface area contributed by atoms with Crippen molar-refractivity contribution in [3.05, 3.63) is 71.3 Å². The summed E-state index contributed by atoms with van der Waals surface area (Å²) in [5.74, 6) is 0.587. The molecule has 0 saturated heterocycles. The van der Waals surface area contributed by atoms with Gasteiger partial charge in [-0.05, 0) is 35.4 Å². The van der Waals surface area contributed by atoms with Gasteiger partial charge in [-0.25, -0.2) is 0 Å². The van der Waals surface area contributed by atoms with Crippen LogP contribution in [0.4, 0.5) is 0 Å². The van der Waals surface area contributed by atoms with Gasteiger partial charge >= 0.3 is 0 Å². The maximum Gasteiger partial charge on any atom is 0.0303 e. The van der Waals surface area contributed by atoms with E-state index in [2.05, 4.69) is 54.6 Å². The Labute approximate surface area is 102 Å². The SMILES string of the molecule is NC1CC(Cc2ccccc2)c2ccccc21. The van der Waals surface area contributed by atoms with Gasteiger partial charge in [-0.2, -0.15) is 0 Å². The highest BCUT2D eigenvalue weighted by Gasteiger charge is 2.27. The van der Waals surface area contributed by atoms with E-state index in [1.807, 2.05) is 0 Å². The monoisotopic (exact) mass is 223 g/mol. The lowest BCUT2D eigenvalue weighted by Crippen LogP contribution is -2.06. The van der Waals surface area contributed by atoms with Crippen molar-refractivity contribution < 1.29 is 0 Å². The number of benzene rings is 2. The van der Waals surface area contributed by atoms with Crippen LogP contribution >= 0.6 is 0 Å². The summed E-state index contributed by atoms with van der Waals surface area (Å²) in [6.45, 7) is 0. The Balaban J connectivity index is 1.87. The Hall–Kier alpha value is -1.60. The van der Waals surface area contributed by atoms with Crippen LogP contribution < -0.4 is 5.73 Å². The number of nitrogens with two attached hydrogens (primary N) is 1. The molecule has 0 radical (unpaired) electrons. The molecular formula is C16H17N. The first-order chi connectivity index (χ1) is 8.34. The maximum atomic E-state index is 6.19. The molecule has 1 aliphatic carbocycles. The fourth-order valence-corrected chi connectivity index (χ4v) is 2.87. The predicted octanol–water partition coefficient (Wildman–Crippen LogP) is 3.42. The highest BCUT2D eigenvalue weighted by atomic mass is 14.7. The zero-order chi connectivity index (χ0) is 11.7. The van der Waals surface area contributed by atoms with Crippen molar-refractivity contribution in [2.75, 3.05) is 0 Å². The lowest BCUT2D eigenvalue weighted by atomic mass is 9.94. The highest BCUT2D eigenvalue weighted by Crippen LogP contribution is 2.40. The molecule has 17 heavy (non-hydrogen) atoms. The largest absolute Gasteiger partial charge is 0.324 e. The van der Waals surface area contributed by atoms with Crippen LogP contribution in [0.1, 0.15) is 35.1 Å². The van der Waals surface area contributed by atoms with E-state index in [0.29, 0.717) is 5.92 Å². The summed E-state index contributed by atoms with van der Waals surface area (Å²) in [6, 6.07) is 19.5. The second kappa shape index (κ2) is 4.34. The van der Waals surface area contributed by atoms with Gasteiger partial charge in [0.25, 0.3) is 0 Å². The molecule has 2 atom stereocenters. The first-order valence-corrected chi connectivity index (χ1v) is 6.23. The Morgan fingerprint density at radius 3 is 2.29 bits per heavy atom. The number of fused-ring (bicyclic) bond motifs is 1. The van der Waals surface area contributed by atoms with Gasteiger partial charge in [0.2, 0.25) is 0 Å². The molecule has 1 heteroatoms. The number of rotatable bonds is 2. The van der Waals surface area contributed by atoms with Crippen molar-refractivity contribution in [2.24, 2.45) is 5.73 Å². The van der Waals surface area contributed by atoms with Gasteiger partial charge in [-0.3, -0.25) is 0 Å². The van der Waals surface area contributed by atoms with Gasteiger partial charge in [0, 0.05) is 6.04 Å². The van der Waals surface area contributed by atoms with E-state index in [1.54, 1.807) is 0 Å². The molecule has 3 rings (SSSR count). The number of hydrogen-bond donors (Lipinski definition) is 1. The van der Waals surface area contributed by atoms with Gasteiger partial charge in [-0.1, -0.05) is 54.6 Å². The summed E-state index contributed by atoms with van der Waals surface area (Å²) in [7, 11) is 0. The minimum atomic E-state index is 0.222. The van der Waals surface area contributed by atoms with Crippen molar-refractivity contribution >= 4 is 0 Å². The van der Waals surface area contributed by atoms with E-state index < -0.39 is 0 Å². The molecule has 2 aromatic rings. The third-order valence-corrected chi connectivity index (χ3v) is 3.70. The molecule has 0 aromatic heterocycles. The van der Waals surface area contributed by atoms with Crippen molar-refractivity contribution in [1.82, 2.24) is 0 Å². The zero-order valence-corrected chi connectivity index (χ0v) is 9.84. The topological polar surface area (TPSA) is 26.0 Å². The summed E-state index contributed by atoms with van der Waals surface area (Å²) >= 11 is 0. The Kier molecular flexibility index (Phi) is 2.69. The predicted molar refractivity (Wildman–Crippen MR) is 70.9 cm³/mol. The molecule has 0 fully saturated rings. The van der Waals surface area contributed by atoms with Crippen LogP contribution in [0.5, 0.6) is 0 Å². The zero-order valence-electron chi connectivity index (χ0n) is 9.84. The Bertz CT molecular complexity index is 504. The van der Waals surface area contributed by atoms with Crippen LogP contribution in [0.2, 0.25) is 0 Å². The fraction of sp³-hybridized carbons (Fsp3) is 0.250. The second-order valence-corrected chi connectivity index (χ2v) is 4.86. The van der Waals surface area contributed by atoms with E-state index in [-0.39, 0.29) is 6.04 Å². The first-order valence-electron chi connectivity index (χ1n) is 6.23. The van der Waals surface area contributed by atoms with Crippen LogP contribution in [0.15, 0.2) is 54.6 Å². The molecular weight excluding hydrogens is 206 g/mol. The van der Waals surface area contributed by atoms with Crippen LogP contribution in [-0.4, -0.2) is 0 Å². The van der Waals surface area contributed by atoms with E-state index in [4.69, 9.17) is 5.73 Å². The van der Waals surface area contributed by atoms with Gasteiger partial charge in [0.05, 0.1) is 0 Å². The van der Waals surface area contributed by atoms with Crippen molar-refractivity contribution in [1.29, 1.82) is 0 Å². The summed E-state index contributed by atoms with van der Waals surface area (Å²) in [4.78, 5) is 0. The van der Waals surface area contributed by atoms with Crippen molar-refractivity contribution in [3.63, 3.8) is 0 Å². The fourth-order valence-electron chi connectivity index (χ4n) is 2.87. The third kappa shape index (κ3) is 1.98. The quantitative estimate of drug-likeness (QED) is 0.829. The van der Waals surface area contributed by atoms with Gasteiger partial charge < -0.3 is 5.73 Å². The van der Waals surface area contributed by atoms with Crippen LogP contribution in [0, 0.1) is 0 Å². The second-order valence-electron chi connectivity index (χ2n) is 4.86.